The number of imidazole rings is 1. The van der Waals surface area contributed by atoms with Gasteiger partial charge in [0.05, 0.1) is 5.69 Å². The number of aromatic nitrogens is 2. The minimum absolute atomic E-state index is 0.131. The summed E-state index contributed by atoms with van der Waals surface area (Å²) < 4.78 is 42.5. The molecule has 0 aliphatic carbocycles. The fourth-order valence-electron chi connectivity index (χ4n) is 3.44. The van der Waals surface area contributed by atoms with Crippen LogP contribution < -0.4 is 0 Å². The van der Waals surface area contributed by atoms with Gasteiger partial charge in [-0.25, -0.2) is 18.2 Å². The largest absolute Gasteiger partial charge is 0.384 e. The van der Waals surface area contributed by atoms with Gasteiger partial charge in [-0.05, 0) is 49.2 Å². The van der Waals surface area contributed by atoms with E-state index >= 15 is 0 Å². The average molecular weight is 422 g/mol. The van der Waals surface area contributed by atoms with Gasteiger partial charge in [0.2, 0.25) is 0 Å². The summed E-state index contributed by atoms with van der Waals surface area (Å²) in [6.07, 6.45) is -1.02. The van der Waals surface area contributed by atoms with Crippen LogP contribution in [0.15, 0.2) is 79.0 Å². The van der Waals surface area contributed by atoms with Crippen LogP contribution in [0.25, 0.3) is 28.2 Å². The number of rotatable bonds is 5. The van der Waals surface area contributed by atoms with Gasteiger partial charge >= 0.3 is 0 Å². The van der Waals surface area contributed by atoms with Crippen molar-refractivity contribution in [3.8, 4) is 28.2 Å². The molecule has 3 aromatic carbocycles. The van der Waals surface area contributed by atoms with Gasteiger partial charge in [0.15, 0.2) is 0 Å². The molecule has 0 radical (unpaired) electrons. The molecule has 158 valence electrons. The molecule has 0 fully saturated rings. The third-order valence-corrected chi connectivity index (χ3v) is 5.07. The lowest BCUT2D eigenvalue weighted by atomic mass is 10.0. The number of benzene rings is 3. The Balaban J connectivity index is 1.84. The SMILES string of the molecule is CC(C)(O)c1cn(-c2ccc(-c3cccc(F)c3)cc2)c(-c2ccccc2C(F)F)n1. The van der Waals surface area contributed by atoms with Gasteiger partial charge < -0.3 is 5.11 Å². The van der Waals surface area contributed by atoms with Crippen LogP contribution in [0.2, 0.25) is 0 Å². The lowest BCUT2D eigenvalue weighted by Crippen LogP contribution is -2.15. The maximum absolute atomic E-state index is 13.6. The van der Waals surface area contributed by atoms with E-state index in [0.717, 1.165) is 11.1 Å². The van der Waals surface area contributed by atoms with Crippen LogP contribution in [0.4, 0.5) is 13.2 Å². The minimum atomic E-state index is -2.66. The van der Waals surface area contributed by atoms with E-state index < -0.39 is 12.0 Å². The second-order valence-electron chi connectivity index (χ2n) is 7.82. The van der Waals surface area contributed by atoms with E-state index in [1.54, 1.807) is 48.9 Å². The molecule has 1 aromatic heterocycles. The molecule has 1 N–H and O–H groups in total. The number of hydrogen-bond acceptors (Lipinski definition) is 2. The molecule has 3 nitrogen and oxygen atoms in total. The zero-order chi connectivity index (χ0) is 22.2. The molecule has 0 saturated carbocycles. The van der Waals surface area contributed by atoms with Gasteiger partial charge in [-0.15, -0.1) is 0 Å². The van der Waals surface area contributed by atoms with Crippen molar-refractivity contribution in [2.24, 2.45) is 0 Å². The monoisotopic (exact) mass is 422 g/mol. The Morgan fingerprint density at radius 1 is 0.903 bits per heavy atom. The van der Waals surface area contributed by atoms with E-state index in [4.69, 9.17) is 0 Å². The van der Waals surface area contributed by atoms with Crippen LogP contribution in [0.5, 0.6) is 0 Å². The van der Waals surface area contributed by atoms with E-state index in [-0.39, 0.29) is 11.4 Å². The first kappa shape index (κ1) is 20.9. The van der Waals surface area contributed by atoms with Crippen LogP contribution in [0.1, 0.15) is 31.5 Å². The lowest BCUT2D eigenvalue weighted by Gasteiger charge is -2.13. The number of hydrogen-bond donors (Lipinski definition) is 1. The van der Waals surface area contributed by atoms with Crippen LogP contribution in [-0.2, 0) is 5.60 Å². The molecule has 1 heterocycles. The molecule has 0 bridgehead atoms. The molecule has 0 aliphatic rings. The van der Waals surface area contributed by atoms with E-state index in [9.17, 15) is 18.3 Å². The van der Waals surface area contributed by atoms with E-state index in [1.807, 2.05) is 30.3 Å². The quantitative estimate of drug-likeness (QED) is 0.398. The molecule has 0 aliphatic heterocycles. The summed E-state index contributed by atoms with van der Waals surface area (Å²) in [6, 6.07) is 19.8. The Bertz CT molecular complexity index is 1210. The van der Waals surface area contributed by atoms with Crippen LogP contribution in [0, 0.1) is 5.82 Å². The molecule has 31 heavy (non-hydrogen) atoms. The van der Waals surface area contributed by atoms with E-state index in [1.165, 1.54) is 18.2 Å². The smallest absolute Gasteiger partial charge is 0.264 e. The van der Waals surface area contributed by atoms with Crippen molar-refractivity contribution in [1.82, 2.24) is 9.55 Å². The minimum Gasteiger partial charge on any atom is -0.384 e. The highest BCUT2D eigenvalue weighted by Crippen LogP contribution is 2.34. The van der Waals surface area contributed by atoms with Gasteiger partial charge in [0.1, 0.15) is 17.2 Å². The first-order valence-electron chi connectivity index (χ1n) is 9.80. The van der Waals surface area contributed by atoms with E-state index in [2.05, 4.69) is 4.98 Å². The molecule has 6 heteroatoms. The first-order chi connectivity index (χ1) is 14.7. The van der Waals surface area contributed by atoms with Crippen molar-refractivity contribution >= 4 is 0 Å². The van der Waals surface area contributed by atoms with Crippen molar-refractivity contribution < 1.29 is 18.3 Å². The van der Waals surface area contributed by atoms with Crippen molar-refractivity contribution in [1.29, 1.82) is 0 Å². The number of nitrogens with zero attached hydrogens (tertiary/aromatic N) is 2. The van der Waals surface area contributed by atoms with Crippen LogP contribution >= 0.6 is 0 Å². The number of halogens is 3. The summed E-state index contributed by atoms with van der Waals surface area (Å²) in [5.41, 5.74) is 1.51. The number of aliphatic hydroxyl groups is 1. The third-order valence-electron chi connectivity index (χ3n) is 5.07. The van der Waals surface area contributed by atoms with Gasteiger partial charge in [-0.3, -0.25) is 4.57 Å². The van der Waals surface area contributed by atoms with Gasteiger partial charge in [-0.1, -0.05) is 48.5 Å². The molecular weight excluding hydrogens is 401 g/mol. The van der Waals surface area contributed by atoms with Crippen LogP contribution in [-0.4, -0.2) is 14.7 Å². The predicted molar refractivity (Wildman–Crippen MR) is 115 cm³/mol. The molecule has 0 saturated heterocycles. The second kappa shape index (κ2) is 8.04. The topological polar surface area (TPSA) is 38.0 Å². The van der Waals surface area contributed by atoms with Crippen molar-refractivity contribution in [2.75, 3.05) is 0 Å². The van der Waals surface area contributed by atoms with Crippen molar-refractivity contribution in [3.63, 3.8) is 0 Å². The normalized spacial score (nSPS) is 11.8. The highest BCUT2D eigenvalue weighted by atomic mass is 19.3. The predicted octanol–water partition coefficient (Wildman–Crippen LogP) is 6.51. The Morgan fingerprint density at radius 2 is 1.61 bits per heavy atom. The fourth-order valence-corrected chi connectivity index (χ4v) is 3.44. The summed E-state index contributed by atoms with van der Waals surface area (Å²) >= 11 is 0. The third kappa shape index (κ3) is 4.25. The van der Waals surface area contributed by atoms with Gasteiger partial charge in [0, 0.05) is 23.0 Å². The summed E-state index contributed by atoms with van der Waals surface area (Å²) in [7, 11) is 0. The van der Waals surface area contributed by atoms with Crippen LogP contribution in [0.3, 0.4) is 0 Å². The summed E-state index contributed by atoms with van der Waals surface area (Å²) in [4.78, 5) is 4.49. The fraction of sp³-hybridized carbons (Fsp3) is 0.160. The second-order valence-corrected chi connectivity index (χ2v) is 7.82. The Morgan fingerprint density at radius 3 is 2.26 bits per heavy atom. The van der Waals surface area contributed by atoms with Crippen molar-refractivity contribution in [2.45, 2.75) is 25.9 Å². The highest BCUT2D eigenvalue weighted by molar-refractivity contribution is 5.67. The summed E-state index contributed by atoms with van der Waals surface area (Å²) in [5.74, 6) is -0.0107. The molecule has 0 amide bonds. The maximum atomic E-state index is 13.6. The number of alkyl halides is 2. The van der Waals surface area contributed by atoms with E-state index in [0.29, 0.717) is 22.8 Å². The standard InChI is InChI=1S/C25H21F3N2O/c1-25(2,31)22-15-30(24(29-22)21-9-4-3-8-20(21)23(27)28)19-12-10-16(11-13-19)17-6-5-7-18(26)14-17/h3-15,23,31H,1-2H3. The Labute approximate surface area is 178 Å². The van der Waals surface area contributed by atoms with Gasteiger partial charge in [0.25, 0.3) is 6.43 Å². The maximum Gasteiger partial charge on any atom is 0.264 e. The lowest BCUT2D eigenvalue weighted by molar-refractivity contribution is 0.0743. The summed E-state index contributed by atoms with van der Waals surface area (Å²) in [6.45, 7) is 3.19. The molecular formula is C25H21F3N2O. The summed E-state index contributed by atoms with van der Waals surface area (Å²) in [5, 5.41) is 10.5. The zero-order valence-corrected chi connectivity index (χ0v) is 17.1. The molecule has 4 rings (SSSR count). The Kier molecular flexibility index (Phi) is 5.41. The molecule has 4 aromatic rings. The zero-order valence-electron chi connectivity index (χ0n) is 17.1. The molecule has 0 unspecified atom stereocenters. The Hall–Kier alpha value is -3.38. The first-order valence-corrected chi connectivity index (χ1v) is 9.80. The highest BCUT2D eigenvalue weighted by Gasteiger charge is 2.25. The van der Waals surface area contributed by atoms with Gasteiger partial charge in [-0.2, -0.15) is 0 Å². The molecule has 0 spiro atoms. The van der Waals surface area contributed by atoms with Crippen molar-refractivity contribution in [3.05, 3.63) is 96.1 Å². The average Bonchev–Trinajstić information content (AvgIpc) is 3.20. The molecule has 0 atom stereocenters.